The Bertz CT molecular complexity index is 452. The lowest BCUT2D eigenvalue weighted by Gasteiger charge is -2.07. The van der Waals surface area contributed by atoms with Gasteiger partial charge in [0.1, 0.15) is 0 Å². The largest absolute Gasteiger partial charge is 0.0801 e. The third kappa shape index (κ3) is 4.06. The fraction of sp³-hybridized carbons (Fsp3) is 0.111. The molecule has 2 aliphatic rings. The lowest BCUT2D eigenvalue weighted by molar-refractivity contribution is 1.14. The zero-order chi connectivity index (χ0) is 12.5. The van der Waals surface area contributed by atoms with Crippen LogP contribution in [-0.4, -0.2) is 0 Å². The highest BCUT2D eigenvalue weighted by Gasteiger charge is 2.01. The highest BCUT2D eigenvalue weighted by atomic mass is 14.1. The summed E-state index contributed by atoms with van der Waals surface area (Å²) in [6.45, 7) is 0. The van der Waals surface area contributed by atoms with Crippen LogP contribution in [0.1, 0.15) is 12.8 Å². The molecule has 0 N–H and O–H groups in total. The second-order valence-electron chi connectivity index (χ2n) is 4.19. The average molecular weight is 234 g/mol. The molecule has 0 aromatic heterocycles. The van der Waals surface area contributed by atoms with Gasteiger partial charge in [-0.1, -0.05) is 85.1 Å². The summed E-state index contributed by atoms with van der Waals surface area (Å²) >= 11 is 0. The van der Waals surface area contributed by atoms with E-state index in [9.17, 15) is 0 Å². The lowest BCUT2D eigenvalue weighted by atomic mass is 9.98. The topological polar surface area (TPSA) is 0 Å². The molecule has 2 aliphatic carbocycles. The summed E-state index contributed by atoms with van der Waals surface area (Å²) in [7, 11) is 0. The normalized spacial score (nSPS) is 19.1. The quantitative estimate of drug-likeness (QED) is 0.600. The molecule has 2 rings (SSSR count). The number of allylic oxidation sites excluding steroid dienone is 16. The van der Waals surface area contributed by atoms with Crippen LogP contribution in [0.2, 0.25) is 0 Å². The van der Waals surface area contributed by atoms with Crippen molar-refractivity contribution in [3.05, 3.63) is 96.2 Å². The summed E-state index contributed by atoms with van der Waals surface area (Å²) in [5, 5.41) is 0. The molecule has 0 heterocycles. The van der Waals surface area contributed by atoms with E-state index < -0.39 is 0 Å². The molecule has 0 aliphatic heterocycles. The smallest absolute Gasteiger partial charge is 0.00915 e. The summed E-state index contributed by atoms with van der Waals surface area (Å²) in [5.74, 6) is 0. The molecular formula is C18H18. The van der Waals surface area contributed by atoms with Crippen LogP contribution in [-0.2, 0) is 0 Å². The minimum absolute atomic E-state index is 0.982. The molecule has 18 heavy (non-hydrogen) atoms. The van der Waals surface area contributed by atoms with Gasteiger partial charge in [0, 0.05) is 0 Å². The second kappa shape index (κ2) is 7.29. The molecule has 0 radical (unpaired) electrons. The van der Waals surface area contributed by atoms with Gasteiger partial charge in [-0.3, -0.25) is 0 Å². The first-order valence-corrected chi connectivity index (χ1v) is 6.35. The van der Waals surface area contributed by atoms with E-state index >= 15 is 0 Å². The van der Waals surface area contributed by atoms with Crippen molar-refractivity contribution < 1.29 is 0 Å². The maximum atomic E-state index is 2.21. The van der Waals surface area contributed by atoms with Gasteiger partial charge in [-0.15, -0.1) is 0 Å². The van der Waals surface area contributed by atoms with Crippen LogP contribution in [0.15, 0.2) is 96.2 Å². The van der Waals surface area contributed by atoms with Gasteiger partial charge in [-0.2, -0.15) is 0 Å². The first kappa shape index (κ1) is 12.4. The fourth-order valence-corrected chi connectivity index (χ4v) is 1.89. The van der Waals surface area contributed by atoms with E-state index in [0.717, 1.165) is 12.8 Å². The predicted octanol–water partition coefficient (Wildman–Crippen LogP) is 4.98. The van der Waals surface area contributed by atoms with Crippen molar-refractivity contribution in [1.29, 1.82) is 0 Å². The number of rotatable bonds is 1. The Hall–Kier alpha value is -2.08. The molecule has 0 aromatic rings. The highest BCUT2D eigenvalue weighted by molar-refractivity contribution is 5.41. The minimum Gasteiger partial charge on any atom is -0.0801 e. The summed E-state index contributed by atoms with van der Waals surface area (Å²) in [6, 6.07) is 0. The molecule has 0 fully saturated rings. The summed E-state index contributed by atoms with van der Waals surface area (Å²) in [5.41, 5.74) is 2.75. The van der Waals surface area contributed by atoms with Crippen LogP contribution in [0.25, 0.3) is 0 Å². The van der Waals surface area contributed by atoms with Gasteiger partial charge in [0.15, 0.2) is 0 Å². The second-order valence-corrected chi connectivity index (χ2v) is 4.19. The maximum absolute atomic E-state index is 2.21. The van der Waals surface area contributed by atoms with Gasteiger partial charge in [0.05, 0.1) is 0 Å². The van der Waals surface area contributed by atoms with E-state index in [0.29, 0.717) is 0 Å². The third-order valence-corrected chi connectivity index (χ3v) is 2.84. The van der Waals surface area contributed by atoms with Crippen molar-refractivity contribution in [2.45, 2.75) is 12.8 Å². The molecular weight excluding hydrogens is 216 g/mol. The van der Waals surface area contributed by atoms with Gasteiger partial charge in [-0.05, 0) is 24.0 Å². The minimum atomic E-state index is 0.982. The molecule has 0 unspecified atom stereocenters. The number of hydrogen-bond donors (Lipinski definition) is 0. The van der Waals surface area contributed by atoms with Gasteiger partial charge in [0.25, 0.3) is 0 Å². The van der Waals surface area contributed by atoms with Gasteiger partial charge in [-0.25, -0.2) is 0 Å². The van der Waals surface area contributed by atoms with Crippen LogP contribution < -0.4 is 0 Å². The summed E-state index contributed by atoms with van der Waals surface area (Å²) in [6.07, 6.45) is 31.6. The lowest BCUT2D eigenvalue weighted by Crippen LogP contribution is -1.88. The van der Waals surface area contributed by atoms with Gasteiger partial charge in [0.2, 0.25) is 0 Å². The molecule has 0 aromatic carbocycles. The Morgan fingerprint density at radius 3 is 1.33 bits per heavy atom. The van der Waals surface area contributed by atoms with Crippen LogP contribution in [0.3, 0.4) is 0 Å². The van der Waals surface area contributed by atoms with Crippen molar-refractivity contribution in [3.63, 3.8) is 0 Å². The monoisotopic (exact) mass is 234 g/mol. The van der Waals surface area contributed by atoms with Crippen LogP contribution in [0.5, 0.6) is 0 Å². The standard InChI is InChI=1S/C18H18/c1-2-6-10-14-17(13-9-5-1)18-15-11-7-3-4-8-12-16-18/h1-13,15H,14,16H2. The number of hydrogen-bond acceptors (Lipinski definition) is 0. The molecule has 0 saturated heterocycles. The van der Waals surface area contributed by atoms with Crippen molar-refractivity contribution in [2.24, 2.45) is 0 Å². The summed E-state index contributed by atoms with van der Waals surface area (Å²) < 4.78 is 0. The molecule has 0 atom stereocenters. The Morgan fingerprint density at radius 1 is 0.444 bits per heavy atom. The van der Waals surface area contributed by atoms with Gasteiger partial charge >= 0.3 is 0 Å². The first-order chi connectivity index (χ1) is 8.97. The Labute approximate surface area is 109 Å². The zero-order valence-corrected chi connectivity index (χ0v) is 10.5. The first-order valence-electron chi connectivity index (χ1n) is 6.35. The van der Waals surface area contributed by atoms with Crippen molar-refractivity contribution in [2.75, 3.05) is 0 Å². The zero-order valence-electron chi connectivity index (χ0n) is 10.5. The Morgan fingerprint density at radius 2 is 0.833 bits per heavy atom. The van der Waals surface area contributed by atoms with E-state index in [1.54, 1.807) is 0 Å². The fourth-order valence-electron chi connectivity index (χ4n) is 1.89. The summed E-state index contributed by atoms with van der Waals surface area (Å²) in [4.78, 5) is 0. The van der Waals surface area contributed by atoms with E-state index in [4.69, 9.17) is 0 Å². The Balaban J connectivity index is 2.23. The highest BCUT2D eigenvalue weighted by Crippen LogP contribution is 2.20. The Kier molecular flexibility index (Phi) is 5.01. The van der Waals surface area contributed by atoms with Crippen LogP contribution in [0, 0.1) is 0 Å². The van der Waals surface area contributed by atoms with Crippen LogP contribution >= 0.6 is 0 Å². The van der Waals surface area contributed by atoms with Gasteiger partial charge < -0.3 is 0 Å². The van der Waals surface area contributed by atoms with E-state index in [1.165, 1.54) is 11.1 Å². The van der Waals surface area contributed by atoms with Crippen molar-refractivity contribution >= 4 is 0 Å². The van der Waals surface area contributed by atoms with Crippen molar-refractivity contribution in [3.8, 4) is 0 Å². The van der Waals surface area contributed by atoms with Crippen LogP contribution in [0.4, 0.5) is 0 Å². The van der Waals surface area contributed by atoms with E-state index in [2.05, 4.69) is 85.1 Å². The molecule has 0 heteroatoms. The molecule has 0 saturated carbocycles. The predicted molar refractivity (Wildman–Crippen MR) is 80.2 cm³/mol. The SMILES string of the molecule is C1=CC=CCC(C2=CC=CC=CC=CC2)=CC=C1. The molecule has 90 valence electrons. The molecule has 0 spiro atoms. The third-order valence-electron chi connectivity index (χ3n) is 2.84. The maximum Gasteiger partial charge on any atom is -0.00915 e. The molecule has 0 nitrogen and oxygen atoms in total. The van der Waals surface area contributed by atoms with Crippen molar-refractivity contribution in [1.82, 2.24) is 0 Å². The average Bonchev–Trinajstić information content (AvgIpc) is 2.61. The molecule has 0 amide bonds. The van der Waals surface area contributed by atoms with E-state index in [-0.39, 0.29) is 0 Å². The van der Waals surface area contributed by atoms with E-state index in [1.807, 2.05) is 0 Å². The molecule has 0 bridgehead atoms.